The average molecular weight is 529 g/mol. The molecule has 1 aliphatic carbocycles. The second-order valence-corrected chi connectivity index (χ2v) is 9.41. The normalized spacial score (nSPS) is 23.4. The van der Waals surface area contributed by atoms with E-state index in [1.807, 2.05) is 0 Å². The molecule has 0 radical (unpaired) electrons. The quantitative estimate of drug-likeness (QED) is 0.368. The molecule has 14 heteroatoms. The monoisotopic (exact) mass is 529 g/mol. The van der Waals surface area contributed by atoms with Crippen LogP contribution in [0.5, 0.6) is 0 Å². The predicted octanol–water partition coefficient (Wildman–Crippen LogP) is 2.06. The first-order valence-electron chi connectivity index (χ1n) is 11.5. The lowest BCUT2D eigenvalue weighted by Gasteiger charge is -2.45. The number of fused-ring (bicyclic) bond motifs is 1. The minimum atomic E-state index is -3.21. The molecule has 2 aliphatic heterocycles. The van der Waals surface area contributed by atoms with Crippen molar-refractivity contribution >= 4 is 29.2 Å². The lowest BCUT2D eigenvalue weighted by Crippen LogP contribution is -2.70. The van der Waals surface area contributed by atoms with Crippen LogP contribution in [0.4, 0.5) is 27.6 Å². The summed E-state index contributed by atoms with van der Waals surface area (Å²) in [5.41, 5.74) is -3.43. The summed E-state index contributed by atoms with van der Waals surface area (Å²) in [7, 11) is 1.22. The van der Waals surface area contributed by atoms with Crippen LogP contribution in [-0.4, -0.2) is 64.5 Å². The van der Waals surface area contributed by atoms with Crippen molar-refractivity contribution < 1.29 is 41.1 Å². The first-order chi connectivity index (χ1) is 17.3. The Bertz CT molecular complexity index is 1200. The van der Waals surface area contributed by atoms with Crippen LogP contribution < -0.4 is 16.0 Å². The van der Waals surface area contributed by atoms with Gasteiger partial charge in [-0.25, -0.2) is 22.0 Å². The first-order valence-corrected chi connectivity index (χ1v) is 11.5. The number of pyridine rings is 1. The van der Waals surface area contributed by atoms with Crippen LogP contribution in [0.3, 0.4) is 0 Å². The second kappa shape index (κ2) is 9.38. The molecular weight excluding hydrogens is 505 g/mol. The number of nitrogens with zero attached hydrogens (tertiary/aromatic N) is 2. The third-order valence-corrected chi connectivity index (χ3v) is 7.04. The lowest BCUT2D eigenvalue weighted by atomic mass is 9.72. The maximum absolute atomic E-state index is 14.4. The van der Waals surface area contributed by atoms with E-state index in [0.717, 1.165) is 12.3 Å². The fourth-order valence-electron chi connectivity index (χ4n) is 5.45. The predicted molar refractivity (Wildman–Crippen MR) is 118 cm³/mol. The van der Waals surface area contributed by atoms with E-state index in [1.165, 1.54) is 14.0 Å². The van der Waals surface area contributed by atoms with Crippen molar-refractivity contribution in [2.45, 2.75) is 56.5 Å². The zero-order valence-electron chi connectivity index (χ0n) is 19.8. The number of hydrogen-bond donors (Lipinski definition) is 3. The number of alkyl halides is 4. The second-order valence-electron chi connectivity index (χ2n) is 9.41. The summed E-state index contributed by atoms with van der Waals surface area (Å²) in [6, 6.07) is 0.408. The molecule has 0 aromatic carbocycles. The topological polar surface area (TPSA) is 120 Å². The van der Waals surface area contributed by atoms with Crippen molar-refractivity contribution in [2.24, 2.45) is 5.92 Å². The SMILES string of the molecule is CNC(=O)C1(NC(=O)C(=O)C2C(C)=C(C(=O)Nc3ccnc(C(F)F)c3F)N3CCCC23)CC(F)(F)C1. The largest absolute Gasteiger partial charge is 0.363 e. The van der Waals surface area contributed by atoms with Crippen molar-refractivity contribution in [3.05, 3.63) is 35.0 Å². The molecular formula is C23H24F5N5O4. The van der Waals surface area contributed by atoms with E-state index in [0.29, 0.717) is 19.4 Å². The number of ketones is 1. The Kier molecular flexibility index (Phi) is 6.71. The highest BCUT2D eigenvalue weighted by atomic mass is 19.3. The fourth-order valence-corrected chi connectivity index (χ4v) is 5.45. The van der Waals surface area contributed by atoms with Gasteiger partial charge in [0.05, 0.1) is 11.6 Å². The maximum atomic E-state index is 14.4. The molecule has 1 aromatic rings. The van der Waals surface area contributed by atoms with Crippen molar-refractivity contribution in [3.63, 3.8) is 0 Å². The lowest BCUT2D eigenvalue weighted by molar-refractivity contribution is -0.167. The fraction of sp³-hybridized carbons (Fsp3) is 0.522. The van der Waals surface area contributed by atoms with E-state index >= 15 is 0 Å². The van der Waals surface area contributed by atoms with Crippen LogP contribution in [0.1, 0.15) is 44.7 Å². The van der Waals surface area contributed by atoms with E-state index in [4.69, 9.17) is 0 Å². The van der Waals surface area contributed by atoms with Crippen LogP contribution in [0.2, 0.25) is 0 Å². The molecule has 200 valence electrons. The van der Waals surface area contributed by atoms with Gasteiger partial charge in [0, 0.05) is 38.7 Å². The molecule has 1 saturated heterocycles. The van der Waals surface area contributed by atoms with Gasteiger partial charge in [-0.1, -0.05) is 0 Å². The summed E-state index contributed by atoms with van der Waals surface area (Å²) >= 11 is 0. The highest BCUT2D eigenvalue weighted by molar-refractivity contribution is 6.38. The summed E-state index contributed by atoms with van der Waals surface area (Å²) < 4.78 is 67.6. The number of halogens is 5. The number of carbonyl (C=O) groups excluding carboxylic acids is 4. The molecule has 3 aliphatic rings. The highest BCUT2D eigenvalue weighted by Gasteiger charge is 2.62. The third kappa shape index (κ3) is 4.53. The van der Waals surface area contributed by atoms with Gasteiger partial charge in [-0.15, -0.1) is 0 Å². The number of carbonyl (C=O) groups is 4. The molecule has 4 rings (SSSR count). The molecule has 2 atom stereocenters. The summed E-state index contributed by atoms with van der Waals surface area (Å²) in [6.07, 6.45) is -3.22. The van der Waals surface area contributed by atoms with E-state index in [1.54, 1.807) is 4.90 Å². The molecule has 1 aromatic heterocycles. The maximum Gasteiger partial charge on any atom is 0.288 e. The van der Waals surface area contributed by atoms with Gasteiger partial charge in [-0.2, -0.15) is 0 Å². The molecule has 9 nitrogen and oxygen atoms in total. The Morgan fingerprint density at radius 2 is 1.86 bits per heavy atom. The molecule has 37 heavy (non-hydrogen) atoms. The Morgan fingerprint density at radius 3 is 2.46 bits per heavy atom. The molecule has 0 bridgehead atoms. The molecule has 2 fully saturated rings. The van der Waals surface area contributed by atoms with Gasteiger partial charge in [0.25, 0.3) is 24.2 Å². The standard InChI is InChI=1S/C23H24F5N5O4/c1-10-13(17(34)20(36)32-22(21(37)29-2)8-23(27,28)9-22)12-4-3-7-33(12)16(10)19(35)31-11-5-6-30-15(14(11)24)18(25)26/h5-6,12-13,18H,3-4,7-9H2,1-2H3,(H,29,37)(H,32,36)(H,30,31,35). The first kappa shape index (κ1) is 26.5. The number of amides is 3. The summed E-state index contributed by atoms with van der Waals surface area (Å²) in [6.45, 7) is 1.77. The number of anilines is 1. The van der Waals surface area contributed by atoms with Gasteiger partial charge < -0.3 is 20.9 Å². The van der Waals surface area contributed by atoms with Gasteiger partial charge in [0.1, 0.15) is 16.9 Å². The molecule has 0 spiro atoms. The number of rotatable bonds is 7. The molecule has 1 saturated carbocycles. The number of nitrogens with one attached hydrogen (secondary N) is 3. The van der Waals surface area contributed by atoms with Gasteiger partial charge >= 0.3 is 0 Å². The summed E-state index contributed by atoms with van der Waals surface area (Å²) in [5, 5.41) is 6.62. The summed E-state index contributed by atoms with van der Waals surface area (Å²) in [4.78, 5) is 56.2. The Labute approximate surface area is 207 Å². The Balaban J connectivity index is 1.58. The van der Waals surface area contributed by atoms with Crippen molar-refractivity contribution in [2.75, 3.05) is 18.9 Å². The zero-order valence-corrected chi connectivity index (χ0v) is 19.8. The smallest absolute Gasteiger partial charge is 0.288 e. The van der Waals surface area contributed by atoms with Crippen LogP contribution in [-0.2, 0) is 19.2 Å². The molecule has 2 unspecified atom stereocenters. The Hall–Kier alpha value is -3.58. The molecule has 3 heterocycles. The minimum absolute atomic E-state index is 0.0142. The van der Waals surface area contributed by atoms with Gasteiger partial charge in [-0.3, -0.25) is 24.2 Å². The minimum Gasteiger partial charge on any atom is -0.363 e. The number of hydrogen-bond acceptors (Lipinski definition) is 6. The van der Waals surface area contributed by atoms with Crippen LogP contribution in [0, 0.1) is 11.7 Å². The summed E-state index contributed by atoms with van der Waals surface area (Å²) in [5.74, 6) is -9.67. The van der Waals surface area contributed by atoms with Gasteiger partial charge in [0.15, 0.2) is 5.82 Å². The Morgan fingerprint density at radius 1 is 1.19 bits per heavy atom. The highest BCUT2D eigenvalue weighted by Crippen LogP contribution is 2.46. The van der Waals surface area contributed by atoms with E-state index in [9.17, 15) is 41.1 Å². The average Bonchev–Trinajstić information content (AvgIpc) is 3.37. The van der Waals surface area contributed by atoms with Crippen molar-refractivity contribution in [1.29, 1.82) is 0 Å². The van der Waals surface area contributed by atoms with Gasteiger partial charge in [-0.05, 0) is 31.4 Å². The van der Waals surface area contributed by atoms with Gasteiger partial charge in [0.2, 0.25) is 11.7 Å². The number of Topliss-reactive ketones (excluding diaryl/α,β-unsaturated/α-hetero) is 1. The zero-order chi connectivity index (χ0) is 27.3. The van der Waals surface area contributed by atoms with Crippen LogP contribution in [0.25, 0.3) is 0 Å². The molecule has 3 N–H and O–H groups in total. The molecule has 3 amide bonds. The third-order valence-electron chi connectivity index (χ3n) is 7.04. The van der Waals surface area contributed by atoms with Crippen LogP contribution >= 0.6 is 0 Å². The van der Waals surface area contributed by atoms with Crippen molar-refractivity contribution in [3.8, 4) is 0 Å². The number of aromatic nitrogens is 1. The van der Waals surface area contributed by atoms with E-state index < -0.39 is 83.4 Å². The van der Waals surface area contributed by atoms with E-state index in [-0.39, 0.29) is 11.3 Å². The van der Waals surface area contributed by atoms with Crippen LogP contribution in [0.15, 0.2) is 23.5 Å². The number of likely N-dealkylation sites (N-methyl/N-ethyl adjacent to an activating group) is 1. The van der Waals surface area contributed by atoms with Crippen molar-refractivity contribution in [1.82, 2.24) is 20.5 Å². The van der Waals surface area contributed by atoms with E-state index in [2.05, 4.69) is 20.9 Å².